The van der Waals surface area contributed by atoms with Crippen LogP contribution < -0.4 is 10.1 Å². The molecule has 8 heteroatoms. The zero-order chi connectivity index (χ0) is 17.2. The van der Waals surface area contributed by atoms with E-state index in [0.29, 0.717) is 18.8 Å². The van der Waals surface area contributed by atoms with Crippen LogP contribution in [0.5, 0.6) is 5.75 Å². The molecule has 24 heavy (non-hydrogen) atoms. The van der Waals surface area contributed by atoms with Crippen LogP contribution in [-0.2, 0) is 6.18 Å². The third-order valence-electron chi connectivity index (χ3n) is 3.51. The van der Waals surface area contributed by atoms with E-state index in [9.17, 15) is 18.0 Å². The second-order valence-corrected chi connectivity index (χ2v) is 5.34. The number of ether oxygens (including phenoxy) is 1. The van der Waals surface area contributed by atoms with Crippen LogP contribution in [0.3, 0.4) is 0 Å². The monoisotopic (exact) mass is 337 g/mol. The number of halogens is 3. The fourth-order valence-corrected chi connectivity index (χ4v) is 2.26. The fraction of sp³-hybridized carbons (Fsp3) is 0.250. The van der Waals surface area contributed by atoms with E-state index in [1.54, 1.807) is 24.5 Å². The molecule has 0 aliphatic carbocycles. The number of rotatable bonds is 3. The van der Waals surface area contributed by atoms with Crippen LogP contribution in [0.4, 0.5) is 23.7 Å². The molecule has 2 amide bonds. The lowest BCUT2D eigenvalue weighted by molar-refractivity contribution is -0.137. The number of alkyl halides is 3. The van der Waals surface area contributed by atoms with Crippen LogP contribution in [0.2, 0.25) is 0 Å². The minimum atomic E-state index is -4.44. The van der Waals surface area contributed by atoms with E-state index in [-0.39, 0.29) is 11.8 Å². The molecule has 0 atom stereocenters. The van der Waals surface area contributed by atoms with Crippen LogP contribution >= 0.6 is 0 Å². The molecule has 0 saturated carbocycles. The van der Waals surface area contributed by atoms with Crippen molar-refractivity contribution in [1.82, 2.24) is 9.88 Å². The molecule has 1 aliphatic rings. The first-order chi connectivity index (χ1) is 11.4. The first-order valence-corrected chi connectivity index (χ1v) is 7.22. The number of hydrogen-bond donors (Lipinski definition) is 1. The molecule has 126 valence electrons. The van der Waals surface area contributed by atoms with Gasteiger partial charge in [-0.2, -0.15) is 13.2 Å². The predicted molar refractivity (Wildman–Crippen MR) is 80.7 cm³/mol. The Balaban J connectivity index is 1.52. The summed E-state index contributed by atoms with van der Waals surface area (Å²) in [5.41, 5.74) is -0.701. The van der Waals surface area contributed by atoms with Crippen molar-refractivity contribution < 1.29 is 22.7 Å². The number of benzene rings is 1. The highest BCUT2D eigenvalue weighted by molar-refractivity contribution is 5.90. The molecular formula is C16H14F3N3O2. The first kappa shape index (κ1) is 16.1. The second kappa shape index (κ2) is 6.38. The molecule has 1 N–H and O–H groups in total. The van der Waals surface area contributed by atoms with Gasteiger partial charge in [0.1, 0.15) is 11.9 Å². The van der Waals surface area contributed by atoms with Crippen molar-refractivity contribution in [2.24, 2.45) is 0 Å². The zero-order valence-electron chi connectivity index (χ0n) is 12.5. The number of amides is 2. The summed E-state index contributed by atoms with van der Waals surface area (Å²) in [7, 11) is 0. The van der Waals surface area contributed by atoms with Crippen molar-refractivity contribution in [1.29, 1.82) is 0 Å². The number of anilines is 1. The number of carbonyl (C=O) groups excluding carboxylic acids is 1. The number of nitrogens with zero attached hydrogens (tertiary/aromatic N) is 2. The van der Waals surface area contributed by atoms with Crippen molar-refractivity contribution in [2.45, 2.75) is 12.3 Å². The van der Waals surface area contributed by atoms with Gasteiger partial charge in [0, 0.05) is 11.9 Å². The molecule has 0 spiro atoms. The summed E-state index contributed by atoms with van der Waals surface area (Å²) in [6.45, 7) is 0.722. The van der Waals surface area contributed by atoms with E-state index >= 15 is 0 Å². The summed E-state index contributed by atoms with van der Waals surface area (Å²) in [6, 6.07) is 7.57. The Morgan fingerprint density at radius 2 is 2.04 bits per heavy atom. The molecule has 5 nitrogen and oxygen atoms in total. The van der Waals surface area contributed by atoms with E-state index in [2.05, 4.69) is 10.3 Å². The van der Waals surface area contributed by atoms with Gasteiger partial charge in [-0.15, -0.1) is 0 Å². The van der Waals surface area contributed by atoms with Crippen molar-refractivity contribution in [3.63, 3.8) is 0 Å². The van der Waals surface area contributed by atoms with Crippen molar-refractivity contribution >= 4 is 11.7 Å². The standard InChI is InChI=1S/C16H14F3N3O2/c17-16(18,19)11-3-1-4-12(7-11)21-15(23)22-9-14(10-22)24-13-5-2-6-20-8-13/h1-8,14H,9-10H2,(H,21,23). The molecule has 0 unspecified atom stereocenters. The summed E-state index contributed by atoms with van der Waals surface area (Å²) >= 11 is 0. The van der Waals surface area contributed by atoms with E-state index < -0.39 is 17.8 Å². The number of hydrogen-bond acceptors (Lipinski definition) is 3. The first-order valence-electron chi connectivity index (χ1n) is 7.22. The maximum absolute atomic E-state index is 12.7. The van der Waals surface area contributed by atoms with Crippen molar-refractivity contribution in [3.05, 3.63) is 54.4 Å². The van der Waals surface area contributed by atoms with Gasteiger partial charge in [-0.1, -0.05) is 6.07 Å². The Morgan fingerprint density at radius 1 is 1.25 bits per heavy atom. The Kier molecular flexibility index (Phi) is 4.28. The van der Waals surface area contributed by atoms with Gasteiger partial charge in [-0.3, -0.25) is 4.98 Å². The SMILES string of the molecule is O=C(Nc1cccc(C(F)(F)F)c1)N1CC(Oc2cccnc2)C1. The van der Waals surface area contributed by atoms with E-state index in [4.69, 9.17) is 4.74 Å². The lowest BCUT2D eigenvalue weighted by Crippen LogP contribution is -2.57. The molecular weight excluding hydrogens is 323 g/mol. The second-order valence-electron chi connectivity index (χ2n) is 5.34. The van der Waals surface area contributed by atoms with Gasteiger partial charge in [-0.25, -0.2) is 4.79 Å². The van der Waals surface area contributed by atoms with Gasteiger partial charge < -0.3 is 15.0 Å². The molecule has 2 heterocycles. The third-order valence-corrected chi connectivity index (χ3v) is 3.51. The van der Waals surface area contributed by atoms with Gasteiger partial charge in [0.25, 0.3) is 0 Å². The number of likely N-dealkylation sites (tertiary alicyclic amines) is 1. The Bertz CT molecular complexity index is 716. The van der Waals surface area contributed by atoms with Crippen LogP contribution in [0, 0.1) is 0 Å². The molecule has 1 saturated heterocycles. The molecule has 3 rings (SSSR count). The summed E-state index contributed by atoms with van der Waals surface area (Å²) < 4.78 is 43.6. The van der Waals surface area contributed by atoms with Crippen molar-refractivity contribution in [3.8, 4) is 5.75 Å². The average molecular weight is 337 g/mol. The highest BCUT2D eigenvalue weighted by Crippen LogP contribution is 2.30. The Morgan fingerprint density at radius 3 is 2.71 bits per heavy atom. The maximum atomic E-state index is 12.7. The minimum Gasteiger partial charge on any atom is -0.485 e. The minimum absolute atomic E-state index is 0.103. The molecule has 1 aromatic heterocycles. The van der Waals surface area contributed by atoms with Gasteiger partial charge in [0.05, 0.1) is 24.8 Å². The lowest BCUT2D eigenvalue weighted by Gasteiger charge is -2.38. The molecule has 1 aliphatic heterocycles. The fourth-order valence-electron chi connectivity index (χ4n) is 2.26. The maximum Gasteiger partial charge on any atom is 0.416 e. The van der Waals surface area contributed by atoms with E-state index in [1.807, 2.05) is 0 Å². The largest absolute Gasteiger partial charge is 0.485 e. The highest BCUT2D eigenvalue weighted by atomic mass is 19.4. The van der Waals surface area contributed by atoms with Crippen LogP contribution in [0.15, 0.2) is 48.8 Å². The summed E-state index contributed by atoms with van der Waals surface area (Å²) in [4.78, 5) is 17.4. The quantitative estimate of drug-likeness (QED) is 0.934. The van der Waals surface area contributed by atoms with Gasteiger partial charge in [0.15, 0.2) is 0 Å². The third kappa shape index (κ3) is 3.76. The van der Waals surface area contributed by atoms with E-state index in [0.717, 1.165) is 12.1 Å². The molecule has 0 bridgehead atoms. The molecule has 2 aromatic rings. The van der Waals surface area contributed by atoms with Crippen LogP contribution in [-0.4, -0.2) is 35.1 Å². The zero-order valence-corrected chi connectivity index (χ0v) is 12.5. The van der Waals surface area contributed by atoms with Gasteiger partial charge in [-0.05, 0) is 30.3 Å². The molecule has 1 fully saturated rings. The summed E-state index contributed by atoms with van der Waals surface area (Å²) in [6.07, 6.45) is -1.39. The van der Waals surface area contributed by atoms with Crippen molar-refractivity contribution in [2.75, 3.05) is 18.4 Å². The Labute approximate surface area is 136 Å². The lowest BCUT2D eigenvalue weighted by atomic mass is 10.1. The smallest absolute Gasteiger partial charge is 0.416 e. The normalized spacial score (nSPS) is 14.9. The summed E-state index contributed by atoms with van der Waals surface area (Å²) in [5, 5.41) is 2.46. The summed E-state index contributed by atoms with van der Waals surface area (Å²) in [5.74, 6) is 0.612. The number of carbonyl (C=O) groups is 1. The van der Waals surface area contributed by atoms with Gasteiger partial charge >= 0.3 is 12.2 Å². The van der Waals surface area contributed by atoms with E-state index in [1.165, 1.54) is 17.0 Å². The predicted octanol–water partition coefficient (Wildman–Crippen LogP) is 3.40. The highest BCUT2D eigenvalue weighted by Gasteiger charge is 2.33. The number of urea groups is 1. The number of pyridine rings is 1. The molecule has 0 radical (unpaired) electrons. The Hall–Kier alpha value is -2.77. The number of nitrogens with one attached hydrogen (secondary N) is 1. The van der Waals surface area contributed by atoms with Gasteiger partial charge in [0.2, 0.25) is 0 Å². The molecule has 1 aromatic carbocycles. The number of aromatic nitrogens is 1. The average Bonchev–Trinajstić information content (AvgIpc) is 2.51. The topological polar surface area (TPSA) is 54.5 Å². The van der Waals surface area contributed by atoms with Crippen LogP contribution in [0.25, 0.3) is 0 Å². The van der Waals surface area contributed by atoms with Crippen LogP contribution in [0.1, 0.15) is 5.56 Å².